The van der Waals surface area contributed by atoms with Gasteiger partial charge in [0.1, 0.15) is 0 Å². The van der Waals surface area contributed by atoms with E-state index in [2.05, 4.69) is 9.44 Å². The summed E-state index contributed by atoms with van der Waals surface area (Å²) in [5.41, 5.74) is 0.970. The molecular formula is C21H19ClN2O6S2. The van der Waals surface area contributed by atoms with E-state index in [9.17, 15) is 21.6 Å². The summed E-state index contributed by atoms with van der Waals surface area (Å²) in [6.45, 7) is 3.14. The Balaban J connectivity index is 1.96. The zero-order chi connectivity index (χ0) is 23.7. The number of benzene rings is 3. The van der Waals surface area contributed by atoms with Crippen LogP contribution in [-0.4, -0.2) is 27.9 Å². The highest BCUT2D eigenvalue weighted by Gasteiger charge is 2.22. The van der Waals surface area contributed by atoms with Crippen LogP contribution in [0, 0.1) is 13.8 Å². The van der Waals surface area contributed by atoms with E-state index in [4.69, 9.17) is 16.7 Å². The minimum atomic E-state index is -4.19. The monoisotopic (exact) mass is 494 g/mol. The minimum Gasteiger partial charge on any atom is -0.478 e. The Bertz CT molecular complexity index is 1400. The second-order valence-electron chi connectivity index (χ2n) is 6.98. The maximum absolute atomic E-state index is 13.0. The van der Waals surface area contributed by atoms with Gasteiger partial charge in [0, 0.05) is 10.7 Å². The van der Waals surface area contributed by atoms with Crippen molar-refractivity contribution in [2.75, 3.05) is 9.44 Å². The first-order chi connectivity index (χ1) is 14.9. The molecule has 0 aromatic heterocycles. The first-order valence-corrected chi connectivity index (χ1v) is 12.5. The molecule has 32 heavy (non-hydrogen) atoms. The standard InChI is InChI=1S/C21H19ClN2O6S2/c1-13-4-10-18(31(27,28)23-17-8-6-16(22)7-9-17)12-19(13)24-32(29,30)20-11-15(21(25)26)5-3-14(20)2/h3-12,23-24H,1-2H3,(H,25,26). The van der Waals surface area contributed by atoms with Crippen LogP contribution >= 0.6 is 11.6 Å². The van der Waals surface area contributed by atoms with Crippen LogP contribution in [0.1, 0.15) is 21.5 Å². The van der Waals surface area contributed by atoms with Crippen LogP contribution in [0.4, 0.5) is 11.4 Å². The molecule has 0 aliphatic rings. The quantitative estimate of drug-likeness (QED) is 0.450. The highest BCUT2D eigenvalue weighted by Crippen LogP contribution is 2.26. The molecule has 0 aliphatic heterocycles. The molecule has 0 fully saturated rings. The van der Waals surface area contributed by atoms with Crippen LogP contribution in [0.15, 0.2) is 70.5 Å². The van der Waals surface area contributed by atoms with Gasteiger partial charge in [0.05, 0.1) is 21.0 Å². The fourth-order valence-corrected chi connectivity index (χ4v) is 5.44. The Morgan fingerprint density at radius 3 is 2.06 bits per heavy atom. The first kappa shape index (κ1) is 23.6. The van der Waals surface area contributed by atoms with Crippen molar-refractivity contribution in [2.45, 2.75) is 23.6 Å². The maximum Gasteiger partial charge on any atom is 0.335 e. The topological polar surface area (TPSA) is 130 Å². The van der Waals surface area contributed by atoms with E-state index in [1.807, 2.05) is 0 Å². The number of carbonyl (C=O) groups is 1. The molecular weight excluding hydrogens is 476 g/mol. The maximum atomic E-state index is 13.0. The summed E-state index contributed by atoms with van der Waals surface area (Å²) < 4.78 is 56.2. The molecule has 11 heteroatoms. The van der Waals surface area contributed by atoms with Crippen molar-refractivity contribution < 1.29 is 26.7 Å². The molecule has 0 atom stereocenters. The third-order valence-electron chi connectivity index (χ3n) is 4.58. The summed E-state index contributed by atoms with van der Waals surface area (Å²) in [5, 5.41) is 9.61. The Morgan fingerprint density at radius 1 is 0.812 bits per heavy atom. The van der Waals surface area contributed by atoms with Crippen molar-refractivity contribution in [1.82, 2.24) is 0 Å². The predicted molar refractivity (Wildman–Crippen MR) is 122 cm³/mol. The van der Waals surface area contributed by atoms with Gasteiger partial charge in [-0.2, -0.15) is 0 Å². The molecule has 3 N–H and O–H groups in total. The van der Waals surface area contributed by atoms with Crippen LogP contribution in [-0.2, 0) is 20.0 Å². The van der Waals surface area contributed by atoms with E-state index < -0.39 is 26.0 Å². The number of hydrogen-bond donors (Lipinski definition) is 3. The molecule has 3 rings (SSSR count). The van der Waals surface area contributed by atoms with E-state index in [1.54, 1.807) is 6.92 Å². The van der Waals surface area contributed by atoms with Gasteiger partial charge in [-0.1, -0.05) is 23.7 Å². The lowest BCUT2D eigenvalue weighted by Gasteiger charge is -2.15. The van der Waals surface area contributed by atoms with Gasteiger partial charge in [-0.25, -0.2) is 21.6 Å². The summed E-state index contributed by atoms with van der Waals surface area (Å²) >= 11 is 5.81. The largest absolute Gasteiger partial charge is 0.478 e. The molecule has 0 saturated heterocycles. The molecule has 0 heterocycles. The van der Waals surface area contributed by atoms with Crippen LogP contribution in [0.2, 0.25) is 5.02 Å². The Labute approximate surface area is 191 Å². The first-order valence-electron chi connectivity index (χ1n) is 9.15. The van der Waals surface area contributed by atoms with Crippen LogP contribution < -0.4 is 9.44 Å². The summed E-state index contributed by atoms with van der Waals surface area (Å²) in [5.74, 6) is -1.26. The zero-order valence-electron chi connectivity index (χ0n) is 17.0. The summed E-state index contributed by atoms with van der Waals surface area (Å²) in [6, 6.07) is 13.8. The number of aromatic carboxylic acids is 1. The molecule has 3 aromatic carbocycles. The number of aryl methyl sites for hydroxylation is 2. The summed E-state index contributed by atoms with van der Waals surface area (Å²) in [4.78, 5) is 10.9. The van der Waals surface area contributed by atoms with Crippen LogP contribution in [0.25, 0.3) is 0 Å². The average molecular weight is 495 g/mol. The van der Waals surface area contributed by atoms with Gasteiger partial charge in [-0.15, -0.1) is 0 Å². The van der Waals surface area contributed by atoms with Gasteiger partial charge in [-0.3, -0.25) is 9.44 Å². The predicted octanol–water partition coefficient (Wildman–Crippen LogP) is 4.26. The van der Waals surface area contributed by atoms with Gasteiger partial charge >= 0.3 is 5.97 Å². The lowest BCUT2D eigenvalue weighted by Crippen LogP contribution is -2.17. The number of rotatable bonds is 7. The number of nitrogens with one attached hydrogen (secondary N) is 2. The Kier molecular flexibility index (Phi) is 6.49. The fourth-order valence-electron chi connectivity index (χ4n) is 2.83. The van der Waals surface area contributed by atoms with Gasteiger partial charge in [0.15, 0.2) is 0 Å². The van der Waals surface area contributed by atoms with Crippen molar-refractivity contribution in [3.05, 3.63) is 82.4 Å². The summed E-state index contributed by atoms with van der Waals surface area (Å²) in [7, 11) is -8.21. The van der Waals surface area contributed by atoms with Gasteiger partial charge in [-0.05, 0) is 73.5 Å². The van der Waals surface area contributed by atoms with Crippen molar-refractivity contribution >= 4 is 49.0 Å². The van der Waals surface area contributed by atoms with Crippen molar-refractivity contribution in [2.24, 2.45) is 0 Å². The van der Waals surface area contributed by atoms with E-state index >= 15 is 0 Å². The number of sulfonamides is 2. The van der Waals surface area contributed by atoms with Gasteiger partial charge in [0.25, 0.3) is 20.0 Å². The molecule has 0 unspecified atom stereocenters. The highest BCUT2D eigenvalue weighted by atomic mass is 35.5. The third kappa shape index (κ3) is 5.21. The zero-order valence-corrected chi connectivity index (χ0v) is 19.3. The van der Waals surface area contributed by atoms with Crippen molar-refractivity contribution in [3.63, 3.8) is 0 Å². The van der Waals surface area contributed by atoms with Crippen molar-refractivity contribution in [1.29, 1.82) is 0 Å². The SMILES string of the molecule is Cc1ccc(S(=O)(=O)Nc2ccc(Cl)cc2)cc1NS(=O)(=O)c1cc(C(=O)O)ccc1C. The second kappa shape index (κ2) is 8.81. The fraction of sp³-hybridized carbons (Fsp3) is 0.0952. The molecule has 0 bridgehead atoms. The number of halogens is 1. The Hall–Kier alpha value is -3.08. The third-order valence-corrected chi connectivity index (χ3v) is 7.72. The van der Waals surface area contributed by atoms with Crippen molar-refractivity contribution in [3.8, 4) is 0 Å². The molecule has 0 aliphatic carbocycles. The van der Waals surface area contributed by atoms with E-state index in [0.717, 1.165) is 6.07 Å². The van der Waals surface area contributed by atoms with Crippen LogP contribution in [0.5, 0.6) is 0 Å². The van der Waals surface area contributed by atoms with E-state index in [1.165, 1.54) is 61.5 Å². The normalized spacial score (nSPS) is 11.7. The molecule has 8 nitrogen and oxygen atoms in total. The molecule has 0 radical (unpaired) electrons. The van der Waals surface area contributed by atoms with Crippen LogP contribution in [0.3, 0.4) is 0 Å². The van der Waals surface area contributed by atoms with Gasteiger partial charge in [0.2, 0.25) is 0 Å². The number of hydrogen-bond acceptors (Lipinski definition) is 5. The molecule has 0 amide bonds. The highest BCUT2D eigenvalue weighted by molar-refractivity contribution is 7.93. The number of carboxylic acid groups (broad SMARTS) is 1. The molecule has 0 spiro atoms. The number of anilines is 2. The molecule has 168 valence electrons. The number of carboxylic acids is 1. The van der Waals surface area contributed by atoms with Gasteiger partial charge < -0.3 is 5.11 Å². The molecule has 0 saturated carbocycles. The minimum absolute atomic E-state index is 0.0455. The second-order valence-corrected chi connectivity index (χ2v) is 10.7. The smallest absolute Gasteiger partial charge is 0.335 e. The van der Waals surface area contributed by atoms with E-state index in [-0.39, 0.29) is 21.0 Å². The lowest BCUT2D eigenvalue weighted by atomic mass is 10.1. The van der Waals surface area contributed by atoms with E-state index in [0.29, 0.717) is 21.8 Å². The lowest BCUT2D eigenvalue weighted by molar-refractivity contribution is 0.0696. The average Bonchev–Trinajstić information content (AvgIpc) is 2.71. The Morgan fingerprint density at radius 2 is 1.44 bits per heavy atom. The molecule has 3 aromatic rings. The summed E-state index contributed by atoms with van der Waals surface area (Å²) in [6.07, 6.45) is 0.